The molecule has 2 aromatic rings. The number of hydrazine groups is 1. The van der Waals surface area contributed by atoms with Crippen LogP contribution in [0.25, 0.3) is 0 Å². The Balaban J connectivity index is 2.02. The topological polar surface area (TPSA) is 92.5 Å². The van der Waals surface area contributed by atoms with E-state index in [1.165, 1.54) is 7.11 Å². The highest BCUT2D eigenvalue weighted by molar-refractivity contribution is 7.71. The molecule has 0 spiro atoms. The van der Waals surface area contributed by atoms with Crippen molar-refractivity contribution in [2.45, 2.75) is 19.8 Å². The second kappa shape index (κ2) is 9.57. The van der Waals surface area contributed by atoms with Gasteiger partial charge >= 0.3 is 0 Å². The van der Waals surface area contributed by atoms with Gasteiger partial charge in [-0.3, -0.25) is 20.4 Å². The number of H-pyrrole nitrogens is 1. The number of amides is 2. The van der Waals surface area contributed by atoms with E-state index in [1.54, 1.807) is 36.5 Å². The molecule has 0 fully saturated rings. The van der Waals surface area contributed by atoms with Crippen LogP contribution in [0.15, 0.2) is 36.5 Å². The van der Waals surface area contributed by atoms with Crippen LogP contribution in [0.3, 0.4) is 0 Å². The van der Waals surface area contributed by atoms with E-state index in [1.807, 2.05) is 0 Å². The quantitative estimate of drug-likeness (QED) is 0.393. The fourth-order valence-corrected chi connectivity index (χ4v) is 2.34. The largest absolute Gasteiger partial charge is 0.493 e. The minimum absolute atomic E-state index is 0.264. The molecule has 2 rings (SSSR count). The Kier molecular flexibility index (Phi) is 7.16. The Hall–Kier alpha value is -2.87. The summed E-state index contributed by atoms with van der Waals surface area (Å²) in [4.78, 5) is 27.1. The standard InChI is InChI=1S/C18H21N3O4S/c1-3-4-10-25-14-8-7-12(11-15(14)24-2)16(22)20-21-17(23)13-6-5-9-19-18(13)26/h5-9,11H,3-4,10H2,1-2H3,(H,19,26)(H,20,22)(H,21,23). The van der Waals surface area contributed by atoms with Crippen LogP contribution in [0, 0.1) is 4.64 Å². The molecule has 0 bridgehead atoms. The fraction of sp³-hybridized carbons (Fsp3) is 0.278. The van der Waals surface area contributed by atoms with Gasteiger partial charge in [0, 0.05) is 11.8 Å². The number of ether oxygens (including phenoxy) is 2. The summed E-state index contributed by atoms with van der Waals surface area (Å²) >= 11 is 5.03. The van der Waals surface area contributed by atoms with Crippen LogP contribution in [-0.4, -0.2) is 30.5 Å². The molecule has 0 unspecified atom stereocenters. The molecule has 0 aliphatic carbocycles. The minimum atomic E-state index is -0.508. The van der Waals surface area contributed by atoms with Crippen molar-refractivity contribution >= 4 is 24.0 Å². The molecule has 0 atom stereocenters. The van der Waals surface area contributed by atoms with E-state index in [9.17, 15) is 9.59 Å². The number of hydrogen-bond acceptors (Lipinski definition) is 5. The molecule has 7 nitrogen and oxygen atoms in total. The van der Waals surface area contributed by atoms with Gasteiger partial charge < -0.3 is 14.5 Å². The van der Waals surface area contributed by atoms with Gasteiger partial charge in [-0.05, 0) is 36.8 Å². The maximum Gasteiger partial charge on any atom is 0.272 e. The van der Waals surface area contributed by atoms with E-state index in [-0.39, 0.29) is 10.2 Å². The average Bonchev–Trinajstić information content (AvgIpc) is 2.66. The van der Waals surface area contributed by atoms with Gasteiger partial charge in [0.15, 0.2) is 11.5 Å². The van der Waals surface area contributed by atoms with E-state index in [2.05, 4.69) is 22.8 Å². The van der Waals surface area contributed by atoms with Crippen LogP contribution >= 0.6 is 12.2 Å². The van der Waals surface area contributed by atoms with Gasteiger partial charge in [-0.25, -0.2) is 0 Å². The molecule has 138 valence electrons. The van der Waals surface area contributed by atoms with E-state index in [4.69, 9.17) is 21.7 Å². The first-order valence-electron chi connectivity index (χ1n) is 8.16. The summed E-state index contributed by atoms with van der Waals surface area (Å²) in [5.74, 6) is 0.0250. The molecule has 0 aliphatic rings. The molecular weight excluding hydrogens is 354 g/mol. The number of benzene rings is 1. The van der Waals surface area contributed by atoms with Crippen LogP contribution in [-0.2, 0) is 0 Å². The molecule has 2 amide bonds. The van der Waals surface area contributed by atoms with E-state index in [0.29, 0.717) is 23.7 Å². The van der Waals surface area contributed by atoms with Crippen molar-refractivity contribution in [3.05, 3.63) is 52.3 Å². The fourth-order valence-electron chi connectivity index (χ4n) is 2.11. The van der Waals surface area contributed by atoms with Gasteiger partial charge in [-0.15, -0.1) is 0 Å². The predicted octanol–water partition coefficient (Wildman–Crippen LogP) is 3.01. The van der Waals surface area contributed by atoms with Crippen LogP contribution in [0.1, 0.15) is 40.5 Å². The zero-order valence-electron chi connectivity index (χ0n) is 14.6. The first-order valence-corrected chi connectivity index (χ1v) is 8.56. The molecule has 1 aromatic carbocycles. The SMILES string of the molecule is CCCCOc1ccc(C(=O)NNC(=O)c2ccc[nH]c2=S)cc1OC. The summed E-state index contributed by atoms with van der Waals surface area (Å²) in [6.07, 6.45) is 3.57. The number of unbranched alkanes of at least 4 members (excludes halogenated alkanes) is 1. The molecule has 8 heteroatoms. The van der Waals surface area contributed by atoms with Crippen molar-refractivity contribution in [3.63, 3.8) is 0 Å². The molecule has 1 heterocycles. The maximum absolute atomic E-state index is 12.2. The number of hydrogen-bond donors (Lipinski definition) is 3. The van der Waals surface area contributed by atoms with Gasteiger partial charge in [0.2, 0.25) is 0 Å². The van der Waals surface area contributed by atoms with Gasteiger partial charge in [-0.1, -0.05) is 25.6 Å². The average molecular weight is 375 g/mol. The summed E-state index contributed by atoms with van der Waals surface area (Å²) < 4.78 is 11.2. The number of carbonyl (C=O) groups is 2. The lowest BCUT2D eigenvalue weighted by atomic mass is 10.2. The number of methoxy groups -OCH3 is 1. The summed E-state index contributed by atoms with van der Waals surface area (Å²) in [5, 5.41) is 0. The highest BCUT2D eigenvalue weighted by Gasteiger charge is 2.13. The smallest absolute Gasteiger partial charge is 0.272 e. The van der Waals surface area contributed by atoms with Gasteiger partial charge in [0.25, 0.3) is 11.8 Å². The summed E-state index contributed by atoms with van der Waals surface area (Å²) in [5.41, 5.74) is 5.27. The third-order valence-electron chi connectivity index (χ3n) is 3.53. The van der Waals surface area contributed by atoms with Crippen molar-refractivity contribution in [3.8, 4) is 11.5 Å². The van der Waals surface area contributed by atoms with E-state index < -0.39 is 11.8 Å². The molecule has 0 aliphatic heterocycles. The second-order valence-corrected chi connectivity index (χ2v) is 5.80. The number of pyridine rings is 1. The van der Waals surface area contributed by atoms with Crippen LogP contribution in [0.5, 0.6) is 11.5 Å². The van der Waals surface area contributed by atoms with E-state index >= 15 is 0 Å². The molecule has 0 radical (unpaired) electrons. The zero-order chi connectivity index (χ0) is 18.9. The number of aromatic nitrogens is 1. The minimum Gasteiger partial charge on any atom is -0.493 e. The van der Waals surface area contributed by atoms with Crippen molar-refractivity contribution in [2.24, 2.45) is 0 Å². The Bertz CT molecular complexity index is 835. The van der Waals surface area contributed by atoms with Crippen LogP contribution < -0.4 is 20.3 Å². The maximum atomic E-state index is 12.2. The lowest BCUT2D eigenvalue weighted by molar-refractivity contribution is 0.0846. The molecule has 1 aromatic heterocycles. The Morgan fingerprint density at radius 1 is 1.15 bits per heavy atom. The highest BCUT2D eigenvalue weighted by atomic mass is 32.1. The summed E-state index contributed by atoms with van der Waals surface area (Å²) in [6.45, 7) is 2.65. The zero-order valence-corrected chi connectivity index (χ0v) is 15.4. The molecule has 0 saturated carbocycles. The van der Waals surface area contributed by atoms with Gasteiger partial charge in [0.05, 0.1) is 19.3 Å². The number of carbonyl (C=O) groups excluding carboxylic acids is 2. The molecule has 3 N–H and O–H groups in total. The number of aromatic amines is 1. The van der Waals surface area contributed by atoms with Crippen molar-refractivity contribution in [1.82, 2.24) is 15.8 Å². The van der Waals surface area contributed by atoms with Gasteiger partial charge in [0.1, 0.15) is 4.64 Å². The third kappa shape index (κ3) is 5.06. The Morgan fingerprint density at radius 2 is 1.92 bits per heavy atom. The van der Waals surface area contributed by atoms with E-state index in [0.717, 1.165) is 12.8 Å². The summed E-state index contributed by atoms with van der Waals surface area (Å²) in [7, 11) is 1.50. The lowest BCUT2D eigenvalue weighted by Crippen LogP contribution is -2.41. The molecule has 0 saturated heterocycles. The highest BCUT2D eigenvalue weighted by Crippen LogP contribution is 2.28. The Morgan fingerprint density at radius 3 is 2.62 bits per heavy atom. The van der Waals surface area contributed by atoms with Crippen LogP contribution in [0.2, 0.25) is 0 Å². The molecule has 26 heavy (non-hydrogen) atoms. The van der Waals surface area contributed by atoms with Crippen molar-refractivity contribution in [2.75, 3.05) is 13.7 Å². The first-order chi connectivity index (χ1) is 12.6. The normalized spacial score (nSPS) is 10.1. The monoisotopic (exact) mass is 375 g/mol. The summed E-state index contributed by atoms with van der Waals surface area (Å²) in [6, 6.07) is 8.02. The van der Waals surface area contributed by atoms with Crippen molar-refractivity contribution < 1.29 is 19.1 Å². The lowest BCUT2D eigenvalue weighted by Gasteiger charge is -2.12. The number of rotatable bonds is 7. The first kappa shape index (κ1) is 19.5. The Labute approximate surface area is 156 Å². The van der Waals surface area contributed by atoms with Gasteiger partial charge in [-0.2, -0.15) is 0 Å². The van der Waals surface area contributed by atoms with Crippen LogP contribution in [0.4, 0.5) is 0 Å². The predicted molar refractivity (Wildman–Crippen MR) is 100.0 cm³/mol. The third-order valence-corrected chi connectivity index (χ3v) is 3.87. The van der Waals surface area contributed by atoms with Crippen molar-refractivity contribution in [1.29, 1.82) is 0 Å². The molecular formula is C18H21N3O4S. The second-order valence-electron chi connectivity index (χ2n) is 5.39. The number of nitrogens with one attached hydrogen (secondary N) is 3.